The molecule has 0 unspecified atom stereocenters. The topological polar surface area (TPSA) is 46.9 Å². The number of carbonyl (C=O) groups is 1. The molecule has 0 aliphatic carbocycles. The summed E-state index contributed by atoms with van der Waals surface area (Å²) in [5.74, 6) is -0.336. The molecule has 0 saturated carbocycles. The number of benzene rings is 2. The molecule has 1 heterocycles. The Bertz CT molecular complexity index is 946. The van der Waals surface area contributed by atoms with Gasteiger partial charge in [-0.15, -0.1) is 0 Å². The zero-order valence-corrected chi connectivity index (χ0v) is 13.3. The van der Waals surface area contributed by atoms with E-state index in [1.54, 1.807) is 24.3 Å². The predicted molar refractivity (Wildman–Crippen MR) is 89.0 cm³/mol. The van der Waals surface area contributed by atoms with Crippen LogP contribution in [0.3, 0.4) is 0 Å². The Morgan fingerprint density at radius 1 is 1.16 bits per heavy atom. The molecule has 1 N–H and O–H groups in total. The third kappa shape index (κ3) is 3.83. The third-order valence-corrected chi connectivity index (χ3v) is 3.71. The van der Waals surface area contributed by atoms with E-state index in [0.717, 1.165) is 12.1 Å². The summed E-state index contributed by atoms with van der Waals surface area (Å²) in [6.45, 7) is 0. The molecule has 0 spiro atoms. The molecule has 0 saturated heterocycles. The third-order valence-electron chi connectivity index (χ3n) is 3.46. The lowest BCUT2D eigenvalue weighted by Crippen LogP contribution is -2.16. The Morgan fingerprint density at radius 3 is 2.56 bits per heavy atom. The van der Waals surface area contributed by atoms with Gasteiger partial charge in [0.15, 0.2) is 0 Å². The van der Waals surface area contributed by atoms with Crippen molar-refractivity contribution in [2.75, 3.05) is 0 Å². The molecular weight excluding hydrogens is 355 g/mol. The predicted octanol–water partition coefficient (Wildman–Crippen LogP) is 4.57. The summed E-state index contributed by atoms with van der Waals surface area (Å²) < 4.78 is 39.6. The highest BCUT2D eigenvalue weighted by Gasteiger charge is 2.30. The van der Waals surface area contributed by atoms with Gasteiger partial charge in [-0.2, -0.15) is 13.2 Å². The first-order chi connectivity index (χ1) is 11.8. The van der Waals surface area contributed by atoms with E-state index in [2.05, 4.69) is 10.3 Å². The number of aromatic nitrogens is 2. The number of amides is 1. The van der Waals surface area contributed by atoms with Gasteiger partial charge in [0.05, 0.1) is 22.9 Å². The second kappa shape index (κ2) is 6.60. The van der Waals surface area contributed by atoms with Crippen LogP contribution in [-0.4, -0.2) is 15.5 Å². The van der Waals surface area contributed by atoms with E-state index in [1.165, 1.54) is 29.4 Å². The van der Waals surface area contributed by atoms with Crippen molar-refractivity contribution in [2.45, 2.75) is 6.18 Å². The van der Waals surface area contributed by atoms with Crippen molar-refractivity contribution in [3.8, 4) is 0 Å². The van der Waals surface area contributed by atoms with Crippen LogP contribution in [0.1, 0.15) is 15.9 Å². The number of nitrogens with one attached hydrogen (secondary N) is 1. The molecule has 0 fully saturated rings. The van der Waals surface area contributed by atoms with E-state index < -0.39 is 11.7 Å². The summed E-state index contributed by atoms with van der Waals surface area (Å²) in [7, 11) is 0. The number of carbonyl (C=O) groups excluding carboxylic acids is 1. The lowest BCUT2D eigenvalue weighted by molar-refractivity contribution is -0.137. The Hall–Kier alpha value is -2.80. The average molecular weight is 366 g/mol. The fraction of sp³-hybridized carbons (Fsp3) is 0.0588. The Labute approximate surface area is 145 Å². The molecule has 1 amide bonds. The first kappa shape index (κ1) is 17.0. The van der Waals surface area contributed by atoms with Gasteiger partial charge < -0.3 is 9.88 Å². The number of hydrogen-bond donors (Lipinski definition) is 1. The maximum Gasteiger partial charge on any atom is 0.416 e. The van der Waals surface area contributed by atoms with E-state index in [9.17, 15) is 18.0 Å². The highest BCUT2D eigenvalue weighted by molar-refractivity contribution is 6.30. The van der Waals surface area contributed by atoms with Crippen LogP contribution in [0.4, 0.5) is 13.2 Å². The number of halogens is 4. The largest absolute Gasteiger partial charge is 0.416 e. The van der Waals surface area contributed by atoms with Crippen molar-refractivity contribution >= 4 is 34.7 Å². The molecule has 4 nitrogen and oxygen atoms in total. The quantitative estimate of drug-likeness (QED) is 0.739. The fourth-order valence-corrected chi connectivity index (χ4v) is 2.33. The summed E-state index contributed by atoms with van der Waals surface area (Å²) >= 11 is 5.76. The minimum absolute atomic E-state index is 0.212. The maximum absolute atomic E-state index is 12.7. The molecule has 25 heavy (non-hydrogen) atoms. The summed E-state index contributed by atoms with van der Waals surface area (Å²) in [5, 5.41) is 3.09. The van der Waals surface area contributed by atoms with Gasteiger partial charge in [-0.05, 0) is 42.5 Å². The molecule has 0 aliphatic rings. The monoisotopic (exact) mass is 365 g/mol. The number of fused-ring (bicyclic) bond motifs is 1. The van der Waals surface area contributed by atoms with E-state index in [0.29, 0.717) is 16.1 Å². The molecule has 2 aromatic carbocycles. The van der Waals surface area contributed by atoms with E-state index in [4.69, 9.17) is 11.6 Å². The minimum atomic E-state index is -4.42. The van der Waals surface area contributed by atoms with Gasteiger partial charge in [0.2, 0.25) is 0 Å². The minimum Gasteiger partial charge on any atom is -0.327 e. The lowest BCUT2D eigenvalue weighted by atomic mass is 10.2. The van der Waals surface area contributed by atoms with Crippen molar-refractivity contribution in [2.24, 2.45) is 0 Å². The van der Waals surface area contributed by atoms with Crippen LogP contribution >= 0.6 is 11.6 Å². The highest BCUT2D eigenvalue weighted by Crippen LogP contribution is 2.31. The van der Waals surface area contributed by atoms with E-state index in [1.807, 2.05) is 0 Å². The van der Waals surface area contributed by atoms with Crippen molar-refractivity contribution in [1.82, 2.24) is 14.9 Å². The van der Waals surface area contributed by atoms with Crippen molar-refractivity contribution in [3.63, 3.8) is 0 Å². The van der Waals surface area contributed by atoms with Gasteiger partial charge in [0.25, 0.3) is 5.91 Å². The number of imidazole rings is 1. The number of hydrogen-bond acceptors (Lipinski definition) is 2. The van der Waals surface area contributed by atoms with Crippen molar-refractivity contribution < 1.29 is 18.0 Å². The van der Waals surface area contributed by atoms with Gasteiger partial charge >= 0.3 is 6.18 Å². The second-order valence-electron chi connectivity index (χ2n) is 5.15. The molecule has 0 aliphatic heterocycles. The fourth-order valence-electron chi connectivity index (χ4n) is 2.20. The van der Waals surface area contributed by atoms with Crippen LogP contribution in [0.5, 0.6) is 0 Å². The molecule has 8 heteroatoms. The van der Waals surface area contributed by atoms with Crippen LogP contribution < -0.4 is 5.32 Å². The van der Waals surface area contributed by atoms with Gasteiger partial charge in [-0.1, -0.05) is 11.6 Å². The molecule has 3 aromatic rings. The second-order valence-corrected chi connectivity index (χ2v) is 5.59. The van der Waals surface area contributed by atoms with Crippen LogP contribution in [0.15, 0.2) is 55.0 Å². The zero-order valence-electron chi connectivity index (χ0n) is 12.6. The molecule has 0 bridgehead atoms. The standard InChI is InChI=1S/C17H11ClF3N3O/c18-13-4-1-11(2-5-13)16(25)22-7-8-24-10-23-14-9-12(17(19,20)21)3-6-15(14)24/h1-10H,(H,22,25). The van der Waals surface area contributed by atoms with Crippen LogP contribution in [-0.2, 0) is 6.18 Å². The van der Waals surface area contributed by atoms with Gasteiger partial charge in [0, 0.05) is 23.0 Å². The van der Waals surface area contributed by atoms with Crippen LogP contribution in [0.25, 0.3) is 17.2 Å². The number of rotatable bonds is 3. The summed E-state index contributed by atoms with van der Waals surface area (Å²) in [4.78, 5) is 15.9. The number of nitrogens with zero attached hydrogens (tertiary/aromatic N) is 2. The smallest absolute Gasteiger partial charge is 0.327 e. The SMILES string of the molecule is O=C(NC=Cn1cnc2cc(C(F)(F)F)ccc21)c1ccc(Cl)cc1. The summed E-state index contributed by atoms with van der Waals surface area (Å²) in [6.07, 6.45) is -0.164. The molecular formula is C17H11ClF3N3O. The Balaban J connectivity index is 1.75. The normalized spacial score (nSPS) is 12.0. The van der Waals surface area contributed by atoms with E-state index >= 15 is 0 Å². The van der Waals surface area contributed by atoms with Gasteiger partial charge in [-0.3, -0.25) is 4.79 Å². The molecule has 0 radical (unpaired) electrons. The summed E-state index contributed by atoms with van der Waals surface area (Å²) in [6, 6.07) is 9.65. The number of alkyl halides is 3. The first-order valence-electron chi connectivity index (χ1n) is 7.11. The first-order valence-corrected chi connectivity index (χ1v) is 7.49. The summed E-state index contributed by atoms with van der Waals surface area (Å²) in [5.41, 5.74) is 0.373. The van der Waals surface area contributed by atoms with E-state index in [-0.39, 0.29) is 11.4 Å². The molecule has 128 valence electrons. The van der Waals surface area contributed by atoms with Crippen LogP contribution in [0.2, 0.25) is 5.02 Å². The Morgan fingerprint density at radius 2 is 1.88 bits per heavy atom. The maximum atomic E-state index is 12.7. The zero-order chi connectivity index (χ0) is 18.0. The average Bonchev–Trinajstić information content (AvgIpc) is 2.97. The van der Waals surface area contributed by atoms with Crippen molar-refractivity contribution in [1.29, 1.82) is 0 Å². The van der Waals surface area contributed by atoms with Crippen LogP contribution in [0, 0.1) is 0 Å². The van der Waals surface area contributed by atoms with Crippen molar-refractivity contribution in [3.05, 3.63) is 71.1 Å². The molecule has 0 atom stereocenters. The molecule has 3 rings (SSSR count). The van der Waals surface area contributed by atoms with Gasteiger partial charge in [-0.25, -0.2) is 4.98 Å². The Kier molecular flexibility index (Phi) is 4.50. The van der Waals surface area contributed by atoms with Gasteiger partial charge in [0.1, 0.15) is 0 Å². The molecule has 1 aromatic heterocycles. The lowest BCUT2D eigenvalue weighted by Gasteiger charge is -2.06. The highest BCUT2D eigenvalue weighted by atomic mass is 35.5.